The first-order chi connectivity index (χ1) is 28.7. The molecule has 0 spiro atoms. The molecule has 3 aromatic rings. The number of rotatable bonds is 9. The predicted molar refractivity (Wildman–Crippen MR) is 225 cm³/mol. The molecule has 15 heteroatoms. The Bertz CT molecular complexity index is 2340. The molecule has 318 valence electrons. The second kappa shape index (κ2) is 16.2. The number of fused-ring (bicyclic) bond motifs is 3. The maximum atomic E-state index is 14.9. The molecule has 4 fully saturated rings. The van der Waals surface area contributed by atoms with Gasteiger partial charge in [0.25, 0.3) is 5.91 Å². The highest BCUT2D eigenvalue weighted by molar-refractivity contribution is 7.91. The molecule has 3 saturated carbocycles. The van der Waals surface area contributed by atoms with Gasteiger partial charge >= 0.3 is 6.09 Å². The summed E-state index contributed by atoms with van der Waals surface area (Å²) in [7, 11) is -2.32. The third kappa shape index (κ3) is 8.45. The Balaban J connectivity index is 1.20. The molecule has 0 radical (unpaired) electrons. The van der Waals surface area contributed by atoms with Gasteiger partial charge in [-0.3, -0.25) is 19.1 Å². The molecule has 5 atom stereocenters. The van der Waals surface area contributed by atoms with Crippen molar-refractivity contribution in [2.75, 3.05) is 20.3 Å². The number of ether oxygens (including phenoxy) is 3. The first kappa shape index (κ1) is 41.3. The maximum absolute atomic E-state index is 14.9. The van der Waals surface area contributed by atoms with Gasteiger partial charge in [-0.1, -0.05) is 75.2 Å². The summed E-state index contributed by atoms with van der Waals surface area (Å²) in [6.07, 6.45) is 8.89. The summed E-state index contributed by atoms with van der Waals surface area (Å²) >= 11 is 0. The molecule has 3 heterocycles. The molecule has 2 aromatic carbocycles. The van der Waals surface area contributed by atoms with E-state index >= 15 is 0 Å². The minimum absolute atomic E-state index is 0.0164. The van der Waals surface area contributed by atoms with Crippen LogP contribution in [0.1, 0.15) is 77.2 Å². The highest BCUT2D eigenvalue weighted by Gasteiger charge is 2.62. The van der Waals surface area contributed by atoms with E-state index in [0.29, 0.717) is 60.2 Å². The quantitative estimate of drug-likeness (QED) is 0.228. The molecule has 2 aliphatic heterocycles. The Kier molecular flexibility index (Phi) is 11.2. The number of benzene rings is 2. The second-order valence-electron chi connectivity index (χ2n) is 17.7. The molecule has 1 saturated heterocycles. The summed E-state index contributed by atoms with van der Waals surface area (Å²) in [5.41, 5.74) is 0.869. The topological polar surface area (TPSA) is 182 Å². The number of hydrogen-bond donors (Lipinski definition) is 3. The third-order valence-corrected chi connectivity index (χ3v) is 14.4. The van der Waals surface area contributed by atoms with Crippen molar-refractivity contribution in [3.63, 3.8) is 0 Å². The maximum Gasteiger partial charge on any atom is 0.407 e. The van der Waals surface area contributed by atoms with Crippen LogP contribution in [0, 0.1) is 17.3 Å². The molecular formula is C45H53N5O9S. The summed E-state index contributed by atoms with van der Waals surface area (Å²) in [6, 6.07) is 13.2. The van der Waals surface area contributed by atoms with Gasteiger partial charge in [0.1, 0.15) is 35.2 Å². The molecule has 1 aromatic heterocycles. The Morgan fingerprint density at radius 2 is 1.82 bits per heavy atom. The van der Waals surface area contributed by atoms with E-state index in [0.717, 1.165) is 24.0 Å². The van der Waals surface area contributed by atoms with Crippen LogP contribution in [0.2, 0.25) is 0 Å². The molecule has 4 amide bonds. The van der Waals surface area contributed by atoms with Crippen LogP contribution >= 0.6 is 0 Å². The van der Waals surface area contributed by atoms with Crippen LogP contribution in [-0.2, 0) is 29.1 Å². The molecule has 4 bridgehead atoms. The van der Waals surface area contributed by atoms with Gasteiger partial charge in [-0.2, -0.15) is 0 Å². The lowest BCUT2D eigenvalue weighted by Gasteiger charge is -2.32. The highest BCUT2D eigenvalue weighted by atomic mass is 32.2. The number of nitrogens with zero attached hydrogens (tertiary/aromatic N) is 2. The van der Waals surface area contributed by atoms with Crippen molar-refractivity contribution in [2.45, 2.75) is 101 Å². The van der Waals surface area contributed by atoms with Crippen LogP contribution < -0.4 is 24.8 Å². The van der Waals surface area contributed by atoms with E-state index in [1.807, 2.05) is 74.5 Å². The van der Waals surface area contributed by atoms with Crippen molar-refractivity contribution in [2.24, 2.45) is 17.3 Å². The normalized spacial score (nSPS) is 26.9. The number of pyridine rings is 1. The van der Waals surface area contributed by atoms with Gasteiger partial charge in [0.15, 0.2) is 0 Å². The molecule has 0 unspecified atom stereocenters. The van der Waals surface area contributed by atoms with Crippen LogP contribution in [0.15, 0.2) is 67.3 Å². The highest BCUT2D eigenvalue weighted by Crippen LogP contribution is 2.46. The Morgan fingerprint density at radius 3 is 2.50 bits per heavy atom. The minimum Gasteiger partial charge on any atom is -0.496 e. The number of carbonyl (C=O) groups is 4. The lowest BCUT2D eigenvalue weighted by molar-refractivity contribution is -0.142. The standard InChI is InChI=1S/C45H53N5O9S/c1-5-30-24-45(30,42(53)49-60(55,56)32-17-18-32)48-40(51)36-21-31-25-50(36)41(52)39(28-14-9-10-15-28)47-43(54)58-26-44(2,3)19-11-16-29-20-33-35(23-37(29)57-4)46-34(22-38(33)59-31)27-12-7-6-8-13-27/h5-8,11-13,16,20,22-23,28,30-32,36,39H,1,9-10,14-15,17-19,21,24-26H2,2-4H3,(H,47,54)(H,48,51)(H,49,53)/t30-,31-,36+,39+,45-/m1/s1. The van der Waals surface area contributed by atoms with E-state index in [1.165, 1.54) is 11.0 Å². The summed E-state index contributed by atoms with van der Waals surface area (Å²) < 4.78 is 46.3. The number of carbonyl (C=O) groups excluding carboxylic acids is 4. The molecule has 14 nitrogen and oxygen atoms in total. The number of cyclic esters (lactones) is 1. The van der Waals surface area contributed by atoms with Crippen molar-refractivity contribution in [1.29, 1.82) is 0 Å². The number of hydrogen-bond acceptors (Lipinski definition) is 10. The minimum atomic E-state index is -3.92. The fourth-order valence-electron chi connectivity index (χ4n) is 8.82. The fourth-order valence-corrected chi connectivity index (χ4v) is 10.2. The molecule has 5 aliphatic rings. The Labute approximate surface area is 350 Å². The number of aromatic nitrogens is 1. The van der Waals surface area contributed by atoms with Crippen LogP contribution in [0.4, 0.5) is 4.79 Å². The van der Waals surface area contributed by atoms with Gasteiger partial charge in [0.05, 0.1) is 36.7 Å². The van der Waals surface area contributed by atoms with Gasteiger partial charge in [-0.15, -0.1) is 6.58 Å². The number of amides is 4. The zero-order chi connectivity index (χ0) is 42.4. The van der Waals surface area contributed by atoms with Crippen LogP contribution in [0.5, 0.6) is 11.5 Å². The summed E-state index contributed by atoms with van der Waals surface area (Å²) in [5.74, 6) is -1.57. The number of allylic oxidation sites excluding steroid dienone is 1. The van der Waals surface area contributed by atoms with Crippen LogP contribution in [0.3, 0.4) is 0 Å². The van der Waals surface area contributed by atoms with E-state index in [-0.39, 0.29) is 31.9 Å². The average molecular weight is 840 g/mol. The van der Waals surface area contributed by atoms with E-state index in [2.05, 4.69) is 21.9 Å². The van der Waals surface area contributed by atoms with Gasteiger partial charge in [-0.05, 0) is 50.5 Å². The lowest BCUT2D eigenvalue weighted by Crippen LogP contribution is -2.59. The predicted octanol–water partition coefficient (Wildman–Crippen LogP) is 5.66. The lowest BCUT2D eigenvalue weighted by atomic mass is 9.90. The van der Waals surface area contributed by atoms with Gasteiger partial charge in [0.2, 0.25) is 21.8 Å². The molecule has 60 heavy (non-hydrogen) atoms. The average Bonchev–Trinajstić information content (AvgIpc) is 4.10. The zero-order valence-electron chi connectivity index (χ0n) is 34.3. The smallest absolute Gasteiger partial charge is 0.407 e. The van der Waals surface area contributed by atoms with Crippen molar-refractivity contribution in [3.05, 3.63) is 72.8 Å². The SMILES string of the molecule is C=C[C@@H]1C[C@]1(NC(=O)[C@@H]1C[C@@H]2CN1C(=O)[C@H](C1CCCC1)NC(=O)OCC(C)(C)CC=Cc1cc3c(cc(-c4ccccc4)nc3cc1OC)O2)C(=O)NS(=O)(=O)C1CC1. The first-order valence-corrected chi connectivity index (χ1v) is 22.4. The molecule has 8 rings (SSSR count). The molecule has 3 N–H and O–H groups in total. The molecule has 3 aliphatic carbocycles. The number of sulfonamides is 1. The number of methoxy groups -OCH3 is 1. The fraction of sp³-hybridized carbons (Fsp3) is 0.489. The zero-order valence-corrected chi connectivity index (χ0v) is 35.1. The van der Waals surface area contributed by atoms with Crippen LogP contribution in [0.25, 0.3) is 28.2 Å². The van der Waals surface area contributed by atoms with Crippen LogP contribution in [-0.4, -0.2) is 91.4 Å². The van der Waals surface area contributed by atoms with Gasteiger partial charge in [0, 0.05) is 46.4 Å². The molecular weight excluding hydrogens is 787 g/mol. The third-order valence-electron chi connectivity index (χ3n) is 12.6. The number of alkyl carbamates (subject to hydrolysis) is 1. The summed E-state index contributed by atoms with van der Waals surface area (Å²) in [6.45, 7) is 7.86. The summed E-state index contributed by atoms with van der Waals surface area (Å²) in [5, 5.41) is 5.79. The van der Waals surface area contributed by atoms with Crippen molar-refractivity contribution < 1.29 is 41.8 Å². The first-order valence-electron chi connectivity index (χ1n) is 20.9. The Hall–Kier alpha value is -5.44. The van der Waals surface area contributed by atoms with Crippen molar-refractivity contribution in [3.8, 4) is 22.8 Å². The second-order valence-corrected chi connectivity index (χ2v) is 19.6. The monoisotopic (exact) mass is 839 g/mol. The van der Waals surface area contributed by atoms with Crippen molar-refractivity contribution in [1.82, 2.24) is 25.2 Å². The van der Waals surface area contributed by atoms with Gasteiger partial charge in [-0.25, -0.2) is 18.2 Å². The van der Waals surface area contributed by atoms with Gasteiger partial charge < -0.3 is 29.7 Å². The Morgan fingerprint density at radius 1 is 1.07 bits per heavy atom. The largest absolute Gasteiger partial charge is 0.496 e. The summed E-state index contributed by atoms with van der Waals surface area (Å²) in [4.78, 5) is 63.2. The van der Waals surface area contributed by atoms with E-state index in [1.54, 1.807) is 7.11 Å². The van der Waals surface area contributed by atoms with E-state index < -0.39 is 74.1 Å². The van der Waals surface area contributed by atoms with E-state index in [4.69, 9.17) is 19.2 Å². The van der Waals surface area contributed by atoms with Crippen molar-refractivity contribution >= 4 is 50.8 Å². The number of nitrogens with one attached hydrogen (secondary N) is 3. The van der Waals surface area contributed by atoms with E-state index in [9.17, 15) is 27.6 Å².